The molecule has 0 aliphatic heterocycles. The topological polar surface area (TPSA) is 68.1 Å². The Bertz CT molecular complexity index is 545. The van der Waals surface area contributed by atoms with Crippen molar-refractivity contribution >= 4 is 28.5 Å². The standard InChI is InChI=1S/C10H9N3O2S/c1-11-10-7-4-2-3-5-8(7)12-6-9(10)16-13(14)15/h2-6H,1H3,(H,11,12). The summed E-state index contributed by atoms with van der Waals surface area (Å²) in [7, 11) is 1.74. The number of pyridine rings is 1. The van der Waals surface area contributed by atoms with Gasteiger partial charge in [-0.15, -0.1) is 0 Å². The van der Waals surface area contributed by atoms with Gasteiger partial charge in [-0.05, 0) is 6.07 Å². The van der Waals surface area contributed by atoms with Gasteiger partial charge < -0.3 is 5.32 Å². The molecule has 0 saturated carbocycles. The highest BCUT2D eigenvalue weighted by molar-refractivity contribution is 7.93. The van der Waals surface area contributed by atoms with Crippen molar-refractivity contribution in [3.63, 3.8) is 0 Å². The van der Waals surface area contributed by atoms with Crippen molar-refractivity contribution in [3.8, 4) is 0 Å². The zero-order valence-corrected chi connectivity index (χ0v) is 9.32. The lowest BCUT2D eigenvalue weighted by Crippen LogP contribution is -1.96. The van der Waals surface area contributed by atoms with Crippen molar-refractivity contribution in [2.45, 2.75) is 4.90 Å². The second-order valence-electron chi connectivity index (χ2n) is 3.08. The number of rotatable bonds is 3. The number of fused-ring (bicyclic) bond motifs is 1. The largest absolute Gasteiger partial charge is 0.386 e. The lowest BCUT2D eigenvalue weighted by Gasteiger charge is -2.07. The maximum Gasteiger partial charge on any atom is 0.269 e. The Morgan fingerprint density at radius 2 is 2.19 bits per heavy atom. The summed E-state index contributed by atoms with van der Waals surface area (Å²) in [5.74, 6) is 0. The van der Waals surface area contributed by atoms with Gasteiger partial charge in [-0.2, -0.15) is 0 Å². The molecule has 5 nitrogen and oxygen atoms in total. The minimum absolute atomic E-state index is 0.438. The second-order valence-corrected chi connectivity index (χ2v) is 4.00. The molecule has 0 saturated heterocycles. The van der Waals surface area contributed by atoms with Crippen LogP contribution in [0.2, 0.25) is 0 Å². The van der Waals surface area contributed by atoms with Crippen LogP contribution in [-0.2, 0) is 0 Å². The fraction of sp³-hybridized carbons (Fsp3) is 0.100. The molecule has 0 atom stereocenters. The van der Waals surface area contributed by atoms with E-state index < -0.39 is 4.33 Å². The van der Waals surface area contributed by atoms with Gasteiger partial charge in [0.2, 0.25) is 0 Å². The molecular weight excluding hydrogens is 226 g/mol. The van der Waals surface area contributed by atoms with Gasteiger partial charge in [-0.3, -0.25) is 15.1 Å². The van der Waals surface area contributed by atoms with Gasteiger partial charge in [0.25, 0.3) is 11.9 Å². The van der Waals surface area contributed by atoms with Crippen LogP contribution in [0.4, 0.5) is 5.69 Å². The second kappa shape index (κ2) is 4.36. The summed E-state index contributed by atoms with van der Waals surface area (Å²) in [5, 5.41) is 14.4. The third-order valence-electron chi connectivity index (χ3n) is 2.16. The molecule has 6 heteroatoms. The van der Waals surface area contributed by atoms with Crippen LogP contribution in [0.1, 0.15) is 0 Å². The van der Waals surface area contributed by atoms with Crippen molar-refractivity contribution in [3.05, 3.63) is 40.6 Å². The summed E-state index contributed by atoms with van der Waals surface area (Å²) in [4.78, 5) is 15.2. The van der Waals surface area contributed by atoms with Gasteiger partial charge in [-0.25, -0.2) is 0 Å². The third kappa shape index (κ3) is 1.92. The fourth-order valence-electron chi connectivity index (χ4n) is 1.53. The molecular formula is C10H9N3O2S. The van der Waals surface area contributed by atoms with Gasteiger partial charge in [0, 0.05) is 18.6 Å². The van der Waals surface area contributed by atoms with Crippen LogP contribution in [0.25, 0.3) is 10.9 Å². The van der Waals surface area contributed by atoms with Crippen LogP contribution in [0.3, 0.4) is 0 Å². The van der Waals surface area contributed by atoms with Crippen LogP contribution in [0.15, 0.2) is 35.4 Å². The average Bonchev–Trinajstić information content (AvgIpc) is 2.28. The van der Waals surface area contributed by atoms with Gasteiger partial charge in [0.15, 0.2) is 0 Å². The smallest absolute Gasteiger partial charge is 0.269 e. The van der Waals surface area contributed by atoms with E-state index in [9.17, 15) is 10.1 Å². The lowest BCUT2D eigenvalue weighted by molar-refractivity contribution is -0.284. The van der Waals surface area contributed by atoms with E-state index in [0.717, 1.165) is 16.6 Å². The van der Waals surface area contributed by atoms with E-state index >= 15 is 0 Å². The Kier molecular flexibility index (Phi) is 2.91. The summed E-state index contributed by atoms with van der Waals surface area (Å²) < 4.78 is -0.438. The monoisotopic (exact) mass is 235 g/mol. The highest BCUT2D eigenvalue weighted by atomic mass is 32.2. The minimum atomic E-state index is -0.438. The van der Waals surface area contributed by atoms with Crippen LogP contribution in [0.5, 0.6) is 0 Å². The maximum atomic E-state index is 10.5. The molecule has 0 aliphatic rings. The summed E-state index contributed by atoms with van der Waals surface area (Å²) in [5.41, 5.74) is 1.56. The summed E-state index contributed by atoms with van der Waals surface area (Å²) in [6, 6.07) is 7.52. The quantitative estimate of drug-likeness (QED) is 0.503. The first-order valence-corrected chi connectivity index (χ1v) is 5.37. The van der Waals surface area contributed by atoms with Gasteiger partial charge in [-0.1, -0.05) is 18.2 Å². The predicted molar refractivity (Wildman–Crippen MR) is 64.1 cm³/mol. The molecule has 1 heterocycles. The van der Waals surface area contributed by atoms with Crippen molar-refractivity contribution in [1.82, 2.24) is 4.98 Å². The third-order valence-corrected chi connectivity index (χ3v) is 2.82. The zero-order chi connectivity index (χ0) is 11.5. The number of para-hydroxylation sites is 1. The van der Waals surface area contributed by atoms with E-state index in [4.69, 9.17) is 0 Å². The molecule has 0 unspecified atom stereocenters. The van der Waals surface area contributed by atoms with E-state index in [0.29, 0.717) is 16.8 Å². The highest BCUT2D eigenvalue weighted by Crippen LogP contribution is 2.32. The molecule has 0 fully saturated rings. The lowest BCUT2D eigenvalue weighted by atomic mass is 10.2. The number of nitrogens with zero attached hydrogens (tertiary/aromatic N) is 2. The molecule has 2 rings (SSSR count). The molecule has 1 N–H and O–H groups in total. The normalized spacial score (nSPS) is 10.3. The molecule has 82 valence electrons. The zero-order valence-electron chi connectivity index (χ0n) is 8.51. The van der Waals surface area contributed by atoms with E-state index in [1.807, 2.05) is 24.3 Å². The van der Waals surface area contributed by atoms with E-state index in [1.165, 1.54) is 6.20 Å². The maximum absolute atomic E-state index is 10.5. The molecule has 16 heavy (non-hydrogen) atoms. The summed E-state index contributed by atoms with van der Waals surface area (Å²) in [6.07, 6.45) is 1.52. The van der Waals surface area contributed by atoms with Crippen molar-refractivity contribution < 1.29 is 4.33 Å². The van der Waals surface area contributed by atoms with E-state index in [-0.39, 0.29) is 0 Å². The average molecular weight is 235 g/mol. The molecule has 0 spiro atoms. The van der Waals surface area contributed by atoms with Crippen LogP contribution in [0, 0.1) is 10.1 Å². The molecule has 2 aromatic rings. The fourth-order valence-corrected chi connectivity index (χ4v) is 2.09. The molecule has 1 aromatic carbocycles. The first-order valence-electron chi connectivity index (χ1n) is 4.60. The van der Waals surface area contributed by atoms with Gasteiger partial charge in [0.1, 0.15) is 9.22 Å². The Morgan fingerprint density at radius 3 is 2.88 bits per heavy atom. The molecule has 1 aromatic heterocycles. The summed E-state index contributed by atoms with van der Waals surface area (Å²) in [6.45, 7) is 0. The molecule has 0 bridgehead atoms. The highest BCUT2D eigenvalue weighted by Gasteiger charge is 2.14. The first kappa shape index (κ1) is 10.7. The predicted octanol–water partition coefficient (Wildman–Crippen LogP) is 2.56. The Morgan fingerprint density at radius 1 is 1.44 bits per heavy atom. The molecule has 0 amide bonds. The number of nitrogens with one attached hydrogen (secondary N) is 1. The van der Waals surface area contributed by atoms with Crippen molar-refractivity contribution in [2.24, 2.45) is 0 Å². The number of anilines is 1. The van der Waals surface area contributed by atoms with Crippen molar-refractivity contribution in [1.29, 1.82) is 0 Å². The Labute approximate surface area is 96.2 Å². The first-order chi connectivity index (χ1) is 7.72. The Balaban J connectivity index is 2.63. The number of aromatic nitrogens is 1. The number of benzene rings is 1. The molecule has 0 radical (unpaired) electrons. The number of nitro groups is 1. The van der Waals surface area contributed by atoms with Crippen LogP contribution >= 0.6 is 11.9 Å². The van der Waals surface area contributed by atoms with Gasteiger partial charge >= 0.3 is 0 Å². The Hall–Kier alpha value is -1.82. The van der Waals surface area contributed by atoms with Gasteiger partial charge in [0.05, 0.1) is 11.2 Å². The van der Waals surface area contributed by atoms with Crippen LogP contribution in [-0.4, -0.2) is 16.4 Å². The number of hydrogen-bond donors (Lipinski definition) is 1. The van der Waals surface area contributed by atoms with Crippen molar-refractivity contribution in [2.75, 3.05) is 12.4 Å². The minimum Gasteiger partial charge on any atom is -0.386 e. The van der Waals surface area contributed by atoms with E-state index in [1.54, 1.807) is 7.05 Å². The molecule has 0 aliphatic carbocycles. The van der Waals surface area contributed by atoms with E-state index in [2.05, 4.69) is 10.3 Å². The SMILES string of the molecule is CNc1c(S[N+](=O)[O-])cnc2ccccc12. The number of hydrogen-bond acceptors (Lipinski definition) is 5. The summed E-state index contributed by atoms with van der Waals surface area (Å²) >= 11 is 0.562. The van der Waals surface area contributed by atoms with Crippen LogP contribution < -0.4 is 5.32 Å².